The van der Waals surface area contributed by atoms with Gasteiger partial charge in [0.2, 0.25) is 5.91 Å². The largest absolute Gasteiger partial charge is 0.342 e. The van der Waals surface area contributed by atoms with Crippen LogP contribution >= 0.6 is 0 Å². The minimum atomic E-state index is -1.69. The van der Waals surface area contributed by atoms with Crippen molar-refractivity contribution in [2.24, 2.45) is 0 Å². The number of rotatable bonds is 7. The molecule has 27 heavy (non-hydrogen) atoms. The fraction of sp³-hybridized carbons (Fsp3) is 0.222. The molecule has 144 valence electrons. The highest BCUT2D eigenvalue weighted by Gasteiger charge is 2.16. The summed E-state index contributed by atoms with van der Waals surface area (Å²) in [4.78, 5) is 24.4. The Bertz CT molecular complexity index is 828. The van der Waals surface area contributed by atoms with E-state index >= 15 is 0 Å². The Hall–Kier alpha value is -2.94. The van der Waals surface area contributed by atoms with Crippen LogP contribution in [0.5, 0.6) is 0 Å². The van der Waals surface area contributed by atoms with Crippen LogP contribution in [0.1, 0.15) is 5.56 Å². The van der Waals surface area contributed by atoms with E-state index in [4.69, 9.17) is 0 Å². The van der Waals surface area contributed by atoms with Gasteiger partial charge < -0.3 is 15.5 Å². The first-order valence-corrected chi connectivity index (χ1v) is 8.02. The molecule has 1 unspecified atom stereocenters. The van der Waals surface area contributed by atoms with Gasteiger partial charge in [-0.3, -0.25) is 9.59 Å². The van der Waals surface area contributed by atoms with Gasteiger partial charge in [0.05, 0.1) is 19.3 Å². The van der Waals surface area contributed by atoms with Gasteiger partial charge in [0.25, 0.3) is 5.91 Å². The van der Waals surface area contributed by atoms with Crippen molar-refractivity contribution < 1.29 is 32.1 Å². The Labute approximate surface area is 153 Å². The van der Waals surface area contributed by atoms with Gasteiger partial charge in [0, 0.05) is 5.56 Å². The summed E-state index contributed by atoms with van der Waals surface area (Å²) in [7, 11) is 1.75. The lowest BCUT2D eigenvalue weighted by molar-refractivity contribution is -0.885. The molecule has 3 N–H and O–H groups in total. The summed E-state index contributed by atoms with van der Waals surface area (Å²) in [5, 5.41) is 4.41. The second-order valence-electron chi connectivity index (χ2n) is 5.98. The number of benzene rings is 2. The van der Waals surface area contributed by atoms with Crippen LogP contribution in [0, 0.1) is 23.3 Å². The van der Waals surface area contributed by atoms with Gasteiger partial charge >= 0.3 is 0 Å². The lowest BCUT2D eigenvalue weighted by Gasteiger charge is -2.14. The molecule has 2 aromatic carbocycles. The molecule has 0 heterocycles. The van der Waals surface area contributed by atoms with E-state index in [9.17, 15) is 27.2 Å². The number of halogens is 4. The normalized spacial score (nSPS) is 11.7. The van der Waals surface area contributed by atoms with Crippen molar-refractivity contribution >= 4 is 17.5 Å². The Kier molecular flexibility index (Phi) is 6.89. The average Bonchev–Trinajstić information content (AvgIpc) is 2.62. The summed E-state index contributed by atoms with van der Waals surface area (Å²) in [5.74, 6) is -6.15. The first-order valence-electron chi connectivity index (χ1n) is 8.02. The summed E-state index contributed by atoms with van der Waals surface area (Å²) >= 11 is 0. The SMILES string of the molecule is C[NH+](CC(=O)NCC(=O)Nc1ccc(F)c(F)c1F)Cc1ccc(F)cc1. The first-order chi connectivity index (χ1) is 12.8. The predicted molar refractivity (Wildman–Crippen MR) is 89.8 cm³/mol. The quantitative estimate of drug-likeness (QED) is 0.493. The number of amides is 2. The molecule has 0 spiro atoms. The molecule has 0 aliphatic heterocycles. The van der Waals surface area contributed by atoms with E-state index in [-0.39, 0.29) is 12.4 Å². The minimum absolute atomic E-state index is 0.0458. The summed E-state index contributed by atoms with van der Waals surface area (Å²) in [6, 6.07) is 7.43. The summed E-state index contributed by atoms with van der Waals surface area (Å²) in [5.41, 5.74) is 0.320. The second kappa shape index (κ2) is 9.13. The third-order valence-electron chi connectivity index (χ3n) is 3.64. The molecule has 0 radical (unpaired) electrons. The molecule has 0 aromatic heterocycles. The van der Waals surface area contributed by atoms with Gasteiger partial charge in [-0.2, -0.15) is 0 Å². The minimum Gasteiger partial charge on any atom is -0.342 e. The van der Waals surface area contributed by atoms with Crippen molar-refractivity contribution in [3.63, 3.8) is 0 Å². The van der Waals surface area contributed by atoms with Crippen LogP contribution in [-0.4, -0.2) is 32.0 Å². The predicted octanol–water partition coefficient (Wildman–Crippen LogP) is 1.01. The van der Waals surface area contributed by atoms with Crippen LogP contribution in [0.4, 0.5) is 23.2 Å². The smallest absolute Gasteiger partial charge is 0.275 e. The Morgan fingerprint density at radius 3 is 2.26 bits per heavy atom. The second-order valence-corrected chi connectivity index (χ2v) is 5.98. The summed E-state index contributed by atoms with van der Waals surface area (Å²) in [6.07, 6.45) is 0. The van der Waals surface area contributed by atoms with Crippen LogP contribution in [-0.2, 0) is 16.1 Å². The standard InChI is InChI=1S/C18H17F4N3O2/c1-25(9-11-2-4-12(19)5-3-11)10-16(27)23-8-15(26)24-14-7-6-13(20)17(21)18(14)22/h2-7H,8-10H2,1H3,(H,23,27)(H,24,26)/p+1. The molecule has 0 fully saturated rings. The van der Waals surface area contributed by atoms with Crippen molar-refractivity contribution in [2.45, 2.75) is 6.54 Å². The van der Waals surface area contributed by atoms with Crippen LogP contribution in [0.3, 0.4) is 0 Å². The molecule has 0 saturated carbocycles. The molecule has 0 saturated heterocycles. The number of hydrogen-bond donors (Lipinski definition) is 3. The van der Waals surface area contributed by atoms with Gasteiger partial charge in [-0.25, -0.2) is 17.6 Å². The van der Waals surface area contributed by atoms with Gasteiger partial charge in [0.1, 0.15) is 12.4 Å². The molecule has 5 nitrogen and oxygen atoms in total. The molecule has 0 aliphatic carbocycles. The fourth-order valence-corrected chi connectivity index (χ4v) is 2.35. The molecular weight excluding hydrogens is 366 g/mol. The number of hydrogen-bond acceptors (Lipinski definition) is 2. The highest BCUT2D eigenvalue weighted by Crippen LogP contribution is 2.19. The van der Waals surface area contributed by atoms with Crippen molar-refractivity contribution in [1.29, 1.82) is 0 Å². The number of carbonyl (C=O) groups excluding carboxylic acids is 2. The zero-order valence-corrected chi connectivity index (χ0v) is 14.4. The maximum atomic E-state index is 13.5. The van der Waals surface area contributed by atoms with E-state index in [0.29, 0.717) is 12.6 Å². The molecule has 0 bridgehead atoms. The third kappa shape index (κ3) is 6.07. The topological polar surface area (TPSA) is 62.6 Å². The van der Waals surface area contributed by atoms with Gasteiger partial charge in [-0.15, -0.1) is 0 Å². The molecule has 2 amide bonds. The molecular formula is C18H18F4N3O2+. The fourth-order valence-electron chi connectivity index (χ4n) is 2.35. The van der Waals surface area contributed by atoms with E-state index in [0.717, 1.165) is 16.5 Å². The van der Waals surface area contributed by atoms with Gasteiger partial charge in [0.15, 0.2) is 24.0 Å². The number of anilines is 1. The third-order valence-corrected chi connectivity index (χ3v) is 3.64. The monoisotopic (exact) mass is 384 g/mol. The Morgan fingerprint density at radius 2 is 1.59 bits per heavy atom. The highest BCUT2D eigenvalue weighted by atomic mass is 19.2. The number of carbonyl (C=O) groups is 2. The lowest BCUT2D eigenvalue weighted by atomic mass is 10.2. The van der Waals surface area contributed by atoms with Crippen molar-refractivity contribution in [3.05, 3.63) is 65.2 Å². The molecule has 2 rings (SSSR count). The van der Waals surface area contributed by atoms with Crippen LogP contribution in [0.25, 0.3) is 0 Å². The maximum Gasteiger partial charge on any atom is 0.275 e. The number of quaternary nitrogens is 1. The molecule has 0 aliphatic rings. The van der Waals surface area contributed by atoms with Crippen LogP contribution in [0.2, 0.25) is 0 Å². The van der Waals surface area contributed by atoms with Crippen molar-refractivity contribution in [3.8, 4) is 0 Å². The molecule has 9 heteroatoms. The van der Waals surface area contributed by atoms with Gasteiger partial charge in [-0.05, 0) is 24.3 Å². The van der Waals surface area contributed by atoms with Crippen LogP contribution < -0.4 is 15.5 Å². The van der Waals surface area contributed by atoms with E-state index in [2.05, 4.69) is 10.6 Å². The highest BCUT2D eigenvalue weighted by molar-refractivity contribution is 5.94. The van der Waals surface area contributed by atoms with Crippen LogP contribution in [0.15, 0.2) is 36.4 Å². The van der Waals surface area contributed by atoms with Gasteiger partial charge in [-0.1, -0.05) is 12.1 Å². The molecule has 1 atom stereocenters. The average molecular weight is 384 g/mol. The summed E-state index contributed by atoms with van der Waals surface area (Å²) in [6.45, 7) is 0.0608. The molecule has 2 aromatic rings. The number of likely N-dealkylation sites (N-methyl/N-ethyl adjacent to an activating group) is 1. The lowest BCUT2D eigenvalue weighted by Crippen LogP contribution is -3.08. The van der Waals surface area contributed by atoms with E-state index in [1.165, 1.54) is 12.1 Å². The van der Waals surface area contributed by atoms with E-state index in [1.807, 2.05) is 0 Å². The summed E-state index contributed by atoms with van der Waals surface area (Å²) < 4.78 is 52.3. The Balaban J connectivity index is 1.78. The number of nitrogens with one attached hydrogen (secondary N) is 3. The van der Waals surface area contributed by atoms with E-state index < -0.39 is 41.5 Å². The van der Waals surface area contributed by atoms with E-state index in [1.54, 1.807) is 19.2 Å². The van der Waals surface area contributed by atoms with Crippen molar-refractivity contribution in [2.75, 3.05) is 25.5 Å². The Morgan fingerprint density at radius 1 is 0.926 bits per heavy atom. The zero-order valence-electron chi connectivity index (χ0n) is 14.4. The first kappa shape index (κ1) is 20.4. The zero-order chi connectivity index (χ0) is 20.0. The maximum absolute atomic E-state index is 13.5. The van der Waals surface area contributed by atoms with Crippen molar-refractivity contribution in [1.82, 2.24) is 5.32 Å².